The van der Waals surface area contributed by atoms with E-state index in [9.17, 15) is 4.79 Å². The molecule has 0 atom stereocenters. The van der Waals surface area contributed by atoms with Gasteiger partial charge in [-0.15, -0.1) is 12.4 Å². The zero-order valence-corrected chi connectivity index (χ0v) is 17.6. The SMILES string of the molecule is CN(CC(C)(C)CN)C(=O)c1cc(-c2ccco2)n(-c2cccc(Cl)c2)n1.Cl. The summed E-state index contributed by atoms with van der Waals surface area (Å²) in [6, 6.07) is 12.6. The molecule has 1 aromatic carbocycles. The van der Waals surface area contributed by atoms with Crippen molar-refractivity contribution in [2.45, 2.75) is 13.8 Å². The third-order valence-electron chi connectivity index (χ3n) is 4.32. The van der Waals surface area contributed by atoms with Crippen LogP contribution in [0.5, 0.6) is 0 Å². The zero-order chi connectivity index (χ0) is 19.6. The molecule has 0 spiro atoms. The Morgan fingerprint density at radius 1 is 1.29 bits per heavy atom. The third-order valence-corrected chi connectivity index (χ3v) is 4.55. The average molecular weight is 423 g/mol. The fourth-order valence-electron chi connectivity index (χ4n) is 2.86. The van der Waals surface area contributed by atoms with Gasteiger partial charge in [-0.1, -0.05) is 31.5 Å². The summed E-state index contributed by atoms with van der Waals surface area (Å²) >= 11 is 6.13. The van der Waals surface area contributed by atoms with Gasteiger partial charge in [0.15, 0.2) is 11.5 Å². The van der Waals surface area contributed by atoms with Gasteiger partial charge in [-0.3, -0.25) is 4.79 Å². The molecule has 0 bridgehead atoms. The van der Waals surface area contributed by atoms with Gasteiger partial charge in [0.1, 0.15) is 5.69 Å². The van der Waals surface area contributed by atoms with Crippen LogP contribution in [0.15, 0.2) is 53.1 Å². The Morgan fingerprint density at radius 2 is 2.04 bits per heavy atom. The molecule has 2 heterocycles. The van der Waals surface area contributed by atoms with E-state index in [-0.39, 0.29) is 23.7 Å². The first-order valence-electron chi connectivity index (χ1n) is 8.66. The summed E-state index contributed by atoms with van der Waals surface area (Å²) in [5.74, 6) is 0.441. The quantitative estimate of drug-likeness (QED) is 0.643. The summed E-state index contributed by atoms with van der Waals surface area (Å²) < 4.78 is 7.19. The second-order valence-corrected chi connectivity index (χ2v) is 7.75. The smallest absolute Gasteiger partial charge is 0.274 e. The van der Waals surface area contributed by atoms with Gasteiger partial charge in [-0.2, -0.15) is 5.10 Å². The minimum atomic E-state index is -0.177. The van der Waals surface area contributed by atoms with Crippen LogP contribution in [0.4, 0.5) is 0 Å². The topological polar surface area (TPSA) is 77.3 Å². The van der Waals surface area contributed by atoms with Crippen molar-refractivity contribution in [1.29, 1.82) is 0 Å². The number of nitrogens with two attached hydrogens (primary N) is 1. The predicted octanol–water partition coefficient (Wildman–Crippen LogP) is 4.26. The van der Waals surface area contributed by atoms with Crippen molar-refractivity contribution in [3.05, 3.63) is 59.4 Å². The van der Waals surface area contributed by atoms with E-state index >= 15 is 0 Å². The summed E-state index contributed by atoms with van der Waals surface area (Å²) in [5, 5.41) is 5.12. The minimum Gasteiger partial charge on any atom is -0.463 e. The van der Waals surface area contributed by atoms with Crippen molar-refractivity contribution in [2.75, 3.05) is 20.1 Å². The monoisotopic (exact) mass is 422 g/mol. The van der Waals surface area contributed by atoms with E-state index in [1.54, 1.807) is 47.2 Å². The number of amides is 1. The van der Waals surface area contributed by atoms with E-state index in [1.165, 1.54) is 0 Å². The van der Waals surface area contributed by atoms with Gasteiger partial charge in [-0.25, -0.2) is 4.68 Å². The maximum absolute atomic E-state index is 12.9. The van der Waals surface area contributed by atoms with Crippen LogP contribution >= 0.6 is 24.0 Å². The van der Waals surface area contributed by atoms with Crippen molar-refractivity contribution >= 4 is 29.9 Å². The molecular weight excluding hydrogens is 399 g/mol. The Kier molecular flexibility index (Phi) is 6.93. The number of hydrogen-bond donors (Lipinski definition) is 1. The number of aromatic nitrogens is 2. The van der Waals surface area contributed by atoms with E-state index in [0.717, 1.165) is 5.69 Å². The van der Waals surface area contributed by atoms with Crippen molar-refractivity contribution < 1.29 is 9.21 Å². The number of hydrogen-bond acceptors (Lipinski definition) is 4. The van der Waals surface area contributed by atoms with Gasteiger partial charge >= 0.3 is 0 Å². The lowest BCUT2D eigenvalue weighted by atomic mass is 9.93. The van der Waals surface area contributed by atoms with Gasteiger partial charge in [0.05, 0.1) is 12.0 Å². The highest BCUT2D eigenvalue weighted by molar-refractivity contribution is 6.30. The number of nitrogens with zero attached hydrogens (tertiary/aromatic N) is 3. The maximum atomic E-state index is 12.9. The summed E-state index contributed by atoms with van der Waals surface area (Å²) in [4.78, 5) is 14.6. The van der Waals surface area contributed by atoms with E-state index in [0.29, 0.717) is 35.3 Å². The van der Waals surface area contributed by atoms with Crippen LogP contribution in [0.1, 0.15) is 24.3 Å². The fourth-order valence-corrected chi connectivity index (χ4v) is 3.05. The molecule has 0 saturated heterocycles. The van der Waals surface area contributed by atoms with Crippen LogP contribution in [0, 0.1) is 5.41 Å². The van der Waals surface area contributed by atoms with Crippen LogP contribution in [-0.2, 0) is 0 Å². The first-order chi connectivity index (χ1) is 12.8. The molecule has 2 N–H and O–H groups in total. The highest BCUT2D eigenvalue weighted by Crippen LogP contribution is 2.26. The van der Waals surface area contributed by atoms with Crippen LogP contribution in [-0.4, -0.2) is 40.7 Å². The standard InChI is InChI=1S/C20H23ClN4O2.ClH/c1-20(2,12-22)13-24(3)19(26)16-11-17(18-8-5-9-27-18)25(23-16)15-7-4-6-14(21)10-15;/h4-11H,12-13,22H2,1-3H3;1H. The van der Waals surface area contributed by atoms with Crippen LogP contribution < -0.4 is 5.73 Å². The highest BCUT2D eigenvalue weighted by atomic mass is 35.5. The first kappa shape index (κ1) is 22.0. The van der Waals surface area contributed by atoms with E-state index in [4.69, 9.17) is 21.8 Å². The maximum Gasteiger partial charge on any atom is 0.274 e. The number of furan rings is 1. The number of carbonyl (C=O) groups is 1. The molecule has 28 heavy (non-hydrogen) atoms. The molecule has 1 amide bonds. The first-order valence-corrected chi connectivity index (χ1v) is 9.04. The third kappa shape index (κ3) is 4.76. The molecule has 150 valence electrons. The van der Waals surface area contributed by atoms with Crippen LogP contribution in [0.3, 0.4) is 0 Å². The number of halogens is 2. The van der Waals surface area contributed by atoms with Gasteiger partial charge in [0, 0.05) is 24.7 Å². The second-order valence-electron chi connectivity index (χ2n) is 7.31. The summed E-state index contributed by atoms with van der Waals surface area (Å²) in [7, 11) is 1.75. The van der Waals surface area contributed by atoms with Crippen LogP contribution in [0.25, 0.3) is 17.1 Å². The van der Waals surface area contributed by atoms with Crippen molar-refractivity contribution in [2.24, 2.45) is 11.1 Å². The lowest BCUT2D eigenvalue weighted by Gasteiger charge is -2.28. The van der Waals surface area contributed by atoms with Crippen molar-refractivity contribution in [3.8, 4) is 17.1 Å². The molecule has 0 saturated carbocycles. The molecule has 0 aliphatic carbocycles. The largest absolute Gasteiger partial charge is 0.463 e. The molecule has 8 heteroatoms. The van der Waals surface area contributed by atoms with E-state index < -0.39 is 0 Å². The number of carbonyl (C=O) groups excluding carboxylic acids is 1. The summed E-state index contributed by atoms with van der Waals surface area (Å²) in [5.41, 5.74) is 7.37. The highest BCUT2D eigenvalue weighted by Gasteiger charge is 2.25. The summed E-state index contributed by atoms with van der Waals surface area (Å²) in [6.07, 6.45) is 1.59. The van der Waals surface area contributed by atoms with E-state index in [1.807, 2.05) is 32.0 Å². The molecule has 2 aromatic heterocycles. The molecule has 3 rings (SSSR count). The Bertz CT molecular complexity index is 936. The van der Waals surface area contributed by atoms with Crippen LogP contribution in [0.2, 0.25) is 5.02 Å². The second kappa shape index (κ2) is 8.82. The van der Waals surface area contributed by atoms with E-state index in [2.05, 4.69) is 5.10 Å². The van der Waals surface area contributed by atoms with Gasteiger partial charge in [0.2, 0.25) is 0 Å². The van der Waals surface area contributed by atoms with Gasteiger partial charge in [0.25, 0.3) is 5.91 Å². The molecule has 0 aliphatic rings. The molecule has 3 aromatic rings. The Morgan fingerprint density at radius 3 is 2.64 bits per heavy atom. The average Bonchev–Trinajstić information content (AvgIpc) is 3.30. The molecule has 0 radical (unpaired) electrons. The van der Waals surface area contributed by atoms with Gasteiger partial charge < -0.3 is 15.1 Å². The normalized spacial score (nSPS) is 11.2. The van der Waals surface area contributed by atoms with Gasteiger partial charge in [-0.05, 0) is 42.3 Å². The predicted molar refractivity (Wildman–Crippen MR) is 113 cm³/mol. The Hall–Kier alpha value is -2.28. The molecule has 0 unspecified atom stereocenters. The molecular formula is C20H24Cl2N4O2. The minimum absolute atomic E-state index is 0. The molecule has 6 nitrogen and oxygen atoms in total. The number of rotatable bonds is 6. The summed E-state index contributed by atoms with van der Waals surface area (Å²) in [6.45, 7) is 5.06. The molecule has 0 aliphatic heterocycles. The van der Waals surface area contributed by atoms with Crippen molar-refractivity contribution in [1.82, 2.24) is 14.7 Å². The fraction of sp³-hybridized carbons (Fsp3) is 0.300. The Labute approximate surface area is 175 Å². The Balaban J connectivity index is 0.00000280. The molecule has 0 fully saturated rings. The lowest BCUT2D eigenvalue weighted by Crippen LogP contribution is -2.39. The lowest BCUT2D eigenvalue weighted by molar-refractivity contribution is 0.0734. The van der Waals surface area contributed by atoms with Crippen molar-refractivity contribution in [3.63, 3.8) is 0 Å². The number of benzene rings is 1. The zero-order valence-electron chi connectivity index (χ0n) is 16.1.